The molecular weight excluding hydrogens is 230 g/mol. The molecule has 5 heteroatoms. The van der Waals surface area contributed by atoms with Crippen LogP contribution in [0.15, 0.2) is 24.3 Å². The summed E-state index contributed by atoms with van der Waals surface area (Å²) in [6, 6.07) is 6.70. The van der Waals surface area contributed by atoms with E-state index >= 15 is 0 Å². The minimum atomic E-state index is -1.15. The van der Waals surface area contributed by atoms with Gasteiger partial charge in [0.25, 0.3) is 5.91 Å². The monoisotopic (exact) mass is 239 g/mol. The van der Waals surface area contributed by atoms with E-state index in [-0.39, 0.29) is 0 Å². The Kier molecular flexibility index (Phi) is 2.39. The van der Waals surface area contributed by atoms with Crippen molar-refractivity contribution in [3.05, 3.63) is 29.3 Å². The van der Waals surface area contributed by atoms with Gasteiger partial charge in [-0.25, -0.2) is 4.79 Å². The summed E-state index contributed by atoms with van der Waals surface area (Å²) < 4.78 is 0. The zero-order valence-electron chi connectivity index (χ0n) is 8.86. The molecule has 84 valence electrons. The van der Waals surface area contributed by atoms with Crippen molar-refractivity contribution in [1.82, 2.24) is 0 Å². The number of halogens is 1. The first kappa shape index (κ1) is 11.0. The van der Waals surface area contributed by atoms with Crippen molar-refractivity contribution in [3.8, 4) is 0 Å². The van der Waals surface area contributed by atoms with Crippen LogP contribution in [-0.4, -0.2) is 11.9 Å². The minimum absolute atomic E-state index is 0.362. The Balaban J connectivity index is 2.43. The van der Waals surface area contributed by atoms with E-state index < -0.39 is 17.3 Å². The molecule has 2 rings (SSSR count). The third-order valence-corrected chi connectivity index (χ3v) is 2.79. The Morgan fingerprint density at radius 3 is 2.38 bits per heavy atom. The summed E-state index contributed by atoms with van der Waals surface area (Å²) in [6.45, 7) is 3.04. The van der Waals surface area contributed by atoms with E-state index in [1.807, 2.05) is 0 Å². The fraction of sp³-hybridized carbons (Fsp3) is 0.273. The molecule has 1 aliphatic heterocycles. The fourth-order valence-electron chi connectivity index (χ4n) is 1.35. The molecule has 0 saturated carbocycles. The Hall–Kier alpha value is -1.55. The number of anilines is 1. The summed E-state index contributed by atoms with van der Waals surface area (Å²) in [6.07, 6.45) is 0. The largest absolute Gasteiger partial charge is 0.348 e. The molecular formula is C11H10ClNO3. The lowest BCUT2D eigenvalue weighted by atomic mass is 9.94. The second-order valence-electron chi connectivity index (χ2n) is 4.05. The second-order valence-corrected chi connectivity index (χ2v) is 4.46. The number of nitrogens with zero attached hydrogens (tertiary/aromatic N) is 1. The summed E-state index contributed by atoms with van der Waals surface area (Å²) in [5, 5.41) is 1.31. The highest BCUT2D eigenvalue weighted by Crippen LogP contribution is 2.35. The molecule has 1 saturated heterocycles. The molecule has 1 fully saturated rings. The zero-order chi connectivity index (χ0) is 11.9. The molecule has 0 atom stereocenters. The SMILES string of the molecule is CC1(C)C(=O)ON(c2ccccc2Cl)C1=O. The first-order chi connectivity index (χ1) is 7.44. The van der Waals surface area contributed by atoms with Gasteiger partial charge in [-0.1, -0.05) is 23.7 Å². The van der Waals surface area contributed by atoms with E-state index in [0.29, 0.717) is 10.7 Å². The normalized spacial score (nSPS) is 18.8. The third kappa shape index (κ3) is 1.46. The van der Waals surface area contributed by atoms with E-state index in [9.17, 15) is 9.59 Å². The van der Waals surface area contributed by atoms with Crippen LogP contribution < -0.4 is 5.06 Å². The molecule has 1 heterocycles. The first-order valence-electron chi connectivity index (χ1n) is 4.76. The smallest absolute Gasteiger partial charge is 0.332 e. The summed E-state index contributed by atoms with van der Waals surface area (Å²) >= 11 is 5.93. The van der Waals surface area contributed by atoms with Crippen LogP contribution in [0.2, 0.25) is 5.02 Å². The Morgan fingerprint density at radius 2 is 1.88 bits per heavy atom. The Labute approximate surface area is 97.7 Å². The molecule has 0 N–H and O–H groups in total. The number of carbonyl (C=O) groups excluding carboxylic acids is 2. The van der Waals surface area contributed by atoms with Crippen LogP contribution in [0.5, 0.6) is 0 Å². The van der Waals surface area contributed by atoms with E-state index in [1.165, 1.54) is 13.8 Å². The van der Waals surface area contributed by atoms with Gasteiger partial charge < -0.3 is 4.84 Å². The highest BCUT2D eigenvalue weighted by Gasteiger charge is 2.50. The van der Waals surface area contributed by atoms with Gasteiger partial charge in [-0.15, -0.1) is 5.06 Å². The van der Waals surface area contributed by atoms with Crippen molar-refractivity contribution in [1.29, 1.82) is 0 Å². The first-order valence-corrected chi connectivity index (χ1v) is 5.14. The lowest BCUT2D eigenvalue weighted by Crippen LogP contribution is -2.31. The number of rotatable bonds is 1. The summed E-state index contributed by atoms with van der Waals surface area (Å²) in [7, 11) is 0. The molecule has 0 unspecified atom stereocenters. The van der Waals surface area contributed by atoms with Gasteiger partial charge in [0.15, 0.2) is 0 Å². The molecule has 0 spiro atoms. The molecule has 0 bridgehead atoms. The summed E-state index contributed by atoms with van der Waals surface area (Å²) in [4.78, 5) is 28.3. The quantitative estimate of drug-likeness (QED) is 0.706. The lowest BCUT2D eigenvalue weighted by Gasteiger charge is -2.15. The van der Waals surface area contributed by atoms with Crippen LogP contribution >= 0.6 is 11.6 Å². The van der Waals surface area contributed by atoms with Gasteiger partial charge in [0.1, 0.15) is 11.1 Å². The highest BCUT2D eigenvalue weighted by molar-refractivity contribution is 6.34. The number of hydrogen-bond donors (Lipinski definition) is 0. The van der Waals surface area contributed by atoms with E-state index in [1.54, 1.807) is 24.3 Å². The van der Waals surface area contributed by atoms with Gasteiger partial charge in [0.2, 0.25) is 0 Å². The average molecular weight is 240 g/mol. The van der Waals surface area contributed by atoms with Crippen LogP contribution in [-0.2, 0) is 14.4 Å². The predicted molar refractivity (Wildman–Crippen MR) is 58.8 cm³/mol. The van der Waals surface area contributed by atoms with Crippen LogP contribution in [0.4, 0.5) is 5.69 Å². The zero-order valence-corrected chi connectivity index (χ0v) is 9.62. The Morgan fingerprint density at radius 1 is 1.25 bits per heavy atom. The summed E-state index contributed by atoms with van der Waals surface area (Å²) in [5.74, 6) is -0.983. The van der Waals surface area contributed by atoms with Crippen LogP contribution in [0, 0.1) is 5.41 Å². The number of para-hydroxylation sites is 1. The fourth-order valence-corrected chi connectivity index (χ4v) is 1.57. The van der Waals surface area contributed by atoms with Gasteiger partial charge in [0, 0.05) is 0 Å². The molecule has 0 radical (unpaired) electrons. The van der Waals surface area contributed by atoms with Gasteiger partial charge in [-0.2, -0.15) is 0 Å². The predicted octanol–water partition coefficient (Wildman–Crippen LogP) is 2.17. The minimum Gasteiger partial charge on any atom is -0.332 e. The maximum Gasteiger partial charge on any atom is 0.348 e. The molecule has 1 aliphatic rings. The van der Waals surface area contributed by atoms with Gasteiger partial charge in [-0.3, -0.25) is 4.79 Å². The second kappa shape index (κ2) is 3.49. The van der Waals surface area contributed by atoms with E-state index in [2.05, 4.69) is 0 Å². The van der Waals surface area contributed by atoms with Crippen LogP contribution in [0.3, 0.4) is 0 Å². The molecule has 1 amide bonds. The van der Waals surface area contributed by atoms with Crippen molar-refractivity contribution >= 4 is 29.2 Å². The third-order valence-electron chi connectivity index (χ3n) is 2.47. The number of benzene rings is 1. The average Bonchev–Trinajstić information content (AvgIpc) is 2.43. The van der Waals surface area contributed by atoms with E-state index in [0.717, 1.165) is 5.06 Å². The number of hydroxylamine groups is 1. The van der Waals surface area contributed by atoms with Gasteiger partial charge >= 0.3 is 5.97 Å². The van der Waals surface area contributed by atoms with Crippen molar-refractivity contribution in [2.24, 2.45) is 5.41 Å². The molecule has 1 aromatic carbocycles. The van der Waals surface area contributed by atoms with Crippen molar-refractivity contribution < 1.29 is 14.4 Å². The standard InChI is InChI=1S/C11H10ClNO3/c1-11(2)9(14)13(16-10(11)15)8-6-4-3-5-7(8)12/h3-6H,1-2H3. The Bertz CT molecular complexity index is 470. The van der Waals surface area contributed by atoms with Crippen molar-refractivity contribution in [2.45, 2.75) is 13.8 Å². The molecule has 16 heavy (non-hydrogen) atoms. The molecule has 1 aromatic rings. The van der Waals surface area contributed by atoms with Gasteiger partial charge in [-0.05, 0) is 26.0 Å². The summed E-state index contributed by atoms with van der Waals surface area (Å²) in [5.41, 5.74) is -0.771. The molecule has 0 aliphatic carbocycles. The van der Waals surface area contributed by atoms with Crippen LogP contribution in [0.1, 0.15) is 13.8 Å². The maximum absolute atomic E-state index is 11.9. The number of carbonyl (C=O) groups is 2. The highest BCUT2D eigenvalue weighted by atomic mass is 35.5. The maximum atomic E-state index is 11.9. The lowest BCUT2D eigenvalue weighted by molar-refractivity contribution is -0.145. The van der Waals surface area contributed by atoms with Crippen molar-refractivity contribution in [2.75, 3.05) is 5.06 Å². The topological polar surface area (TPSA) is 46.6 Å². The molecule has 0 aromatic heterocycles. The van der Waals surface area contributed by atoms with Crippen molar-refractivity contribution in [3.63, 3.8) is 0 Å². The van der Waals surface area contributed by atoms with E-state index in [4.69, 9.17) is 16.4 Å². The number of amides is 1. The van der Waals surface area contributed by atoms with Crippen LogP contribution in [0.25, 0.3) is 0 Å². The number of hydrogen-bond acceptors (Lipinski definition) is 3. The van der Waals surface area contributed by atoms with Gasteiger partial charge in [0.05, 0.1) is 5.02 Å². The molecule has 4 nitrogen and oxygen atoms in total.